The van der Waals surface area contributed by atoms with Gasteiger partial charge in [-0.05, 0) is 73.6 Å². The van der Waals surface area contributed by atoms with E-state index in [1.807, 2.05) is 48.5 Å². The summed E-state index contributed by atoms with van der Waals surface area (Å²) in [5.74, 6) is -4.58. The molecule has 1 N–H and O–H groups in total. The van der Waals surface area contributed by atoms with Gasteiger partial charge < -0.3 is 14.8 Å². The number of alkyl halides is 3. The fourth-order valence-corrected chi connectivity index (χ4v) is 4.76. The van der Waals surface area contributed by atoms with Gasteiger partial charge in [0.1, 0.15) is 35.4 Å². The molecule has 0 fully saturated rings. The highest BCUT2D eigenvalue weighted by atomic mass is 19.4. The molecular weight excluding hydrogens is 533 g/mol. The fraction of sp³-hybridized carbons (Fsp3) is 0.333. The second-order valence-corrected chi connectivity index (χ2v) is 10.5. The maximum Gasteiger partial charge on any atom is 0.422 e. The molecule has 3 aromatic carbocycles. The number of rotatable bonds is 7. The van der Waals surface area contributed by atoms with Crippen molar-refractivity contribution in [1.29, 1.82) is 0 Å². The Morgan fingerprint density at radius 1 is 0.900 bits per heavy atom. The fourth-order valence-electron chi connectivity index (χ4n) is 4.76. The Labute approximate surface area is 228 Å². The zero-order chi connectivity index (χ0) is 29.2. The second-order valence-electron chi connectivity index (χ2n) is 10.5. The summed E-state index contributed by atoms with van der Waals surface area (Å²) < 4.78 is 77.7. The van der Waals surface area contributed by atoms with Crippen molar-refractivity contribution in [2.75, 3.05) is 6.61 Å². The van der Waals surface area contributed by atoms with E-state index in [1.54, 1.807) is 20.8 Å². The average molecular weight is 562 g/mol. The first-order valence-electron chi connectivity index (χ1n) is 12.6. The molecule has 1 amide bonds. The van der Waals surface area contributed by atoms with Crippen molar-refractivity contribution in [3.05, 3.63) is 94.6 Å². The molecular formula is C30H28F5NO4. The molecule has 1 aliphatic carbocycles. The van der Waals surface area contributed by atoms with Crippen LogP contribution in [0.15, 0.2) is 60.7 Å². The van der Waals surface area contributed by atoms with E-state index in [0.717, 1.165) is 22.3 Å². The highest BCUT2D eigenvalue weighted by molar-refractivity contribution is 5.82. The van der Waals surface area contributed by atoms with Gasteiger partial charge in [-0.1, -0.05) is 48.5 Å². The molecule has 10 heteroatoms. The molecule has 0 heterocycles. The maximum atomic E-state index is 14.0. The van der Waals surface area contributed by atoms with Gasteiger partial charge in [-0.2, -0.15) is 13.2 Å². The van der Waals surface area contributed by atoms with Crippen molar-refractivity contribution in [2.24, 2.45) is 0 Å². The lowest BCUT2D eigenvalue weighted by atomic mass is 9.98. The van der Waals surface area contributed by atoms with E-state index >= 15 is 0 Å². The van der Waals surface area contributed by atoms with E-state index in [2.05, 4.69) is 5.32 Å². The Kier molecular flexibility index (Phi) is 8.18. The van der Waals surface area contributed by atoms with E-state index in [0.29, 0.717) is 12.1 Å². The van der Waals surface area contributed by atoms with Crippen LogP contribution in [0, 0.1) is 11.6 Å². The summed E-state index contributed by atoms with van der Waals surface area (Å²) in [5.41, 5.74) is 1.04. The number of carbonyl (C=O) groups is 2. The lowest BCUT2D eigenvalue weighted by molar-refractivity contribution is -0.157. The number of halogens is 5. The molecule has 1 aliphatic rings. The van der Waals surface area contributed by atoms with Crippen LogP contribution in [-0.4, -0.2) is 30.3 Å². The number of alkyl carbamates (subject to hydrolysis) is 1. The van der Waals surface area contributed by atoms with Crippen molar-refractivity contribution in [1.82, 2.24) is 5.32 Å². The summed E-state index contributed by atoms with van der Waals surface area (Å²) in [4.78, 5) is 25.6. The Morgan fingerprint density at radius 2 is 1.43 bits per heavy atom. The molecule has 1 atom stereocenters. The summed E-state index contributed by atoms with van der Waals surface area (Å²) in [7, 11) is 0. The van der Waals surface area contributed by atoms with Gasteiger partial charge in [-0.25, -0.2) is 18.4 Å². The Morgan fingerprint density at radius 3 is 1.93 bits per heavy atom. The van der Waals surface area contributed by atoms with E-state index in [4.69, 9.17) is 9.47 Å². The monoisotopic (exact) mass is 561 g/mol. The molecule has 0 aliphatic heterocycles. The highest BCUT2D eigenvalue weighted by Gasteiger charge is 2.38. The van der Waals surface area contributed by atoms with Crippen molar-refractivity contribution in [3.8, 4) is 11.1 Å². The Balaban J connectivity index is 1.46. The molecule has 40 heavy (non-hydrogen) atoms. The Bertz CT molecular complexity index is 1350. The molecule has 0 aromatic heterocycles. The van der Waals surface area contributed by atoms with Gasteiger partial charge in [0.15, 0.2) is 0 Å². The number of carbonyl (C=O) groups excluding carboxylic acids is 2. The predicted octanol–water partition coefficient (Wildman–Crippen LogP) is 7.17. The van der Waals surface area contributed by atoms with Crippen molar-refractivity contribution < 1.29 is 41.0 Å². The molecule has 212 valence electrons. The van der Waals surface area contributed by atoms with Crippen LogP contribution in [0.5, 0.6) is 0 Å². The number of hydrogen-bond donors (Lipinski definition) is 1. The summed E-state index contributed by atoms with van der Waals surface area (Å²) in [5, 5.41) is 2.44. The van der Waals surface area contributed by atoms with Crippen molar-refractivity contribution >= 4 is 12.1 Å². The molecule has 4 rings (SSSR count). The van der Waals surface area contributed by atoms with E-state index in [9.17, 15) is 31.5 Å². The SMILES string of the molecule is CC(C)(C)OC(=O)C(CCc1cc(F)c(C(F)(F)F)c(F)c1)NC(=O)OCC1c2ccccc2-c2ccccc21. The van der Waals surface area contributed by atoms with Crippen LogP contribution in [0.2, 0.25) is 0 Å². The van der Waals surface area contributed by atoms with Crippen LogP contribution in [0.3, 0.4) is 0 Å². The molecule has 3 aromatic rings. The number of esters is 1. The second kappa shape index (κ2) is 11.3. The van der Waals surface area contributed by atoms with E-state index in [-0.39, 0.29) is 30.9 Å². The first-order valence-corrected chi connectivity index (χ1v) is 12.6. The number of ether oxygens (including phenoxy) is 2. The topological polar surface area (TPSA) is 64.6 Å². The Hall–Kier alpha value is -3.95. The normalized spacial score (nSPS) is 13.8. The van der Waals surface area contributed by atoms with Gasteiger partial charge in [0, 0.05) is 5.92 Å². The van der Waals surface area contributed by atoms with Gasteiger partial charge in [0.05, 0.1) is 0 Å². The number of benzene rings is 3. The van der Waals surface area contributed by atoms with Gasteiger partial charge in [0.25, 0.3) is 0 Å². The average Bonchev–Trinajstić information content (AvgIpc) is 3.16. The smallest absolute Gasteiger partial charge is 0.422 e. The predicted molar refractivity (Wildman–Crippen MR) is 138 cm³/mol. The van der Waals surface area contributed by atoms with E-state index < -0.39 is 47.1 Å². The quantitative estimate of drug-likeness (QED) is 0.246. The minimum absolute atomic E-state index is 0.0176. The summed E-state index contributed by atoms with van der Waals surface area (Å²) in [6, 6.07) is 15.3. The zero-order valence-corrected chi connectivity index (χ0v) is 22.1. The van der Waals surface area contributed by atoms with Crippen LogP contribution in [-0.2, 0) is 26.9 Å². The molecule has 0 saturated heterocycles. The molecule has 0 radical (unpaired) electrons. The third-order valence-corrected chi connectivity index (χ3v) is 6.43. The largest absolute Gasteiger partial charge is 0.458 e. The third-order valence-electron chi connectivity index (χ3n) is 6.43. The minimum Gasteiger partial charge on any atom is -0.458 e. The summed E-state index contributed by atoms with van der Waals surface area (Å²) in [6.45, 7) is 4.85. The zero-order valence-electron chi connectivity index (χ0n) is 22.1. The highest BCUT2D eigenvalue weighted by Crippen LogP contribution is 2.44. The molecule has 0 spiro atoms. The lowest BCUT2D eigenvalue weighted by Crippen LogP contribution is -2.45. The molecule has 0 saturated carbocycles. The minimum atomic E-state index is -5.20. The standard InChI is InChI=1S/C30H28F5NO4/c1-29(2,3)40-27(37)25(13-12-17-14-23(31)26(24(32)15-17)30(33,34)35)36-28(38)39-16-22-20-10-6-4-8-18(20)19-9-5-7-11-21(19)22/h4-11,14-15,22,25H,12-13,16H2,1-3H3,(H,36,38). The number of fused-ring (bicyclic) bond motifs is 3. The number of nitrogens with one attached hydrogen (secondary N) is 1. The van der Waals surface area contributed by atoms with Gasteiger partial charge in [-0.15, -0.1) is 0 Å². The van der Waals surface area contributed by atoms with Gasteiger partial charge >= 0.3 is 18.2 Å². The first-order chi connectivity index (χ1) is 18.7. The van der Waals surface area contributed by atoms with Crippen LogP contribution >= 0.6 is 0 Å². The van der Waals surface area contributed by atoms with Crippen LogP contribution in [0.25, 0.3) is 11.1 Å². The van der Waals surface area contributed by atoms with Crippen molar-refractivity contribution in [2.45, 2.75) is 57.3 Å². The molecule has 1 unspecified atom stereocenters. The van der Waals surface area contributed by atoms with Gasteiger partial charge in [-0.3, -0.25) is 0 Å². The van der Waals surface area contributed by atoms with E-state index in [1.165, 1.54) is 0 Å². The summed E-state index contributed by atoms with van der Waals surface area (Å²) in [6.07, 6.45) is -6.54. The van der Waals surface area contributed by atoms with Crippen molar-refractivity contribution in [3.63, 3.8) is 0 Å². The lowest BCUT2D eigenvalue weighted by Gasteiger charge is -2.25. The maximum absolute atomic E-state index is 14.0. The van der Waals surface area contributed by atoms with Crippen LogP contribution in [0.4, 0.5) is 26.7 Å². The van der Waals surface area contributed by atoms with Crippen LogP contribution in [0.1, 0.15) is 55.4 Å². The number of hydrogen-bond acceptors (Lipinski definition) is 4. The molecule has 5 nitrogen and oxygen atoms in total. The third kappa shape index (κ3) is 6.60. The number of aryl methyl sites for hydroxylation is 1. The number of amides is 1. The first kappa shape index (κ1) is 29.0. The molecule has 0 bridgehead atoms. The van der Waals surface area contributed by atoms with Crippen LogP contribution < -0.4 is 5.32 Å². The van der Waals surface area contributed by atoms with Gasteiger partial charge in [0.2, 0.25) is 0 Å². The summed E-state index contributed by atoms with van der Waals surface area (Å²) >= 11 is 0.